The molecule has 2 atom stereocenters. The Balaban J connectivity index is 1.69. The molecule has 190 valence electrons. The fourth-order valence-electron chi connectivity index (χ4n) is 3.63. The second kappa shape index (κ2) is 12.5. The van der Waals surface area contributed by atoms with Gasteiger partial charge in [-0.15, -0.1) is 0 Å². The summed E-state index contributed by atoms with van der Waals surface area (Å²) in [6.07, 6.45) is 1.46. The predicted octanol–water partition coefficient (Wildman–Crippen LogP) is 2.62. The van der Waals surface area contributed by atoms with E-state index in [2.05, 4.69) is 21.2 Å². The molecule has 2 N–H and O–H groups in total. The summed E-state index contributed by atoms with van der Waals surface area (Å²) >= 11 is 3.42. The molecule has 1 aliphatic heterocycles. The summed E-state index contributed by atoms with van der Waals surface area (Å²) in [7, 11) is -0.846. The van der Waals surface area contributed by atoms with Crippen LogP contribution in [0.1, 0.15) is 17.9 Å². The maximum absolute atomic E-state index is 13.1. The maximum Gasteiger partial charge on any atom is 0.285 e. The Morgan fingerprint density at radius 1 is 1.17 bits per heavy atom. The molecule has 3 rings (SSSR count). The number of rotatable bonds is 11. The number of methoxy groups -OCH3 is 1. The van der Waals surface area contributed by atoms with Crippen LogP contribution in [0.25, 0.3) is 0 Å². The normalized spacial score (nSPS) is 18.0. The summed E-state index contributed by atoms with van der Waals surface area (Å²) in [5, 5.41) is 12.0. The topological polar surface area (TPSA) is 114 Å². The lowest BCUT2D eigenvalue weighted by atomic mass is 9.93. The number of halogens is 1. The number of allylic oxidation sites excluding steroid dienone is 1. The zero-order valence-electron chi connectivity index (χ0n) is 19.5. The first-order valence-electron chi connectivity index (χ1n) is 11.0. The third-order valence-electron chi connectivity index (χ3n) is 5.50. The summed E-state index contributed by atoms with van der Waals surface area (Å²) in [6, 6.07) is 13.8. The lowest BCUT2D eigenvalue weighted by Gasteiger charge is -2.30. The van der Waals surface area contributed by atoms with E-state index in [9.17, 15) is 18.3 Å². The predicted molar refractivity (Wildman–Crippen MR) is 133 cm³/mol. The quantitative estimate of drug-likeness (QED) is 0.428. The zero-order chi connectivity index (χ0) is 25.4. The van der Waals surface area contributed by atoms with E-state index in [1.54, 1.807) is 18.2 Å². The molecule has 9 nitrogen and oxygen atoms in total. The van der Waals surface area contributed by atoms with Gasteiger partial charge in [-0.2, -0.15) is 4.31 Å². The second-order valence-corrected chi connectivity index (χ2v) is 10.6. The molecule has 0 aliphatic carbocycles. The molecular formula is C24H29BrN2O7S. The minimum absolute atomic E-state index is 0.00322. The fourth-order valence-corrected chi connectivity index (χ4v) is 5.31. The van der Waals surface area contributed by atoms with Crippen LogP contribution in [0.3, 0.4) is 0 Å². The molecule has 2 aromatic rings. The molecule has 0 saturated heterocycles. The average Bonchev–Trinajstić information content (AvgIpc) is 2.88. The van der Waals surface area contributed by atoms with Crippen molar-refractivity contribution in [2.45, 2.75) is 23.5 Å². The summed E-state index contributed by atoms with van der Waals surface area (Å²) in [4.78, 5) is 12.3. The molecule has 1 aliphatic rings. The monoisotopic (exact) mass is 568 g/mol. The largest absolute Gasteiger partial charge is 0.497 e. The third-order valence-corrected chi connectivity index (χ3v) is 7.94. The number of ether oxygens (including phenoxy) is 3. The first-order valence-corrected chi connectivity index (χ1v) is 13.2. The molecule has 1 heterocycles. The Labute approximate surface area is 213 Å². The van der Waals surface area contributed by atoms with Crippen LogP contribution in [0.5, 0.6) is 5.75 Å². The average molecular weight is 569 g/mol. The van der Waals surface area contributed by atoms with Gasteiger partial charge in [-0.05, 0) is 48.0 Å². The van der Waals surface area contributed by atoms with Crippen LogP contribution < -0.4 is 10.1 Å². The minimum atomic E-state index is -3.86. The smallest absolute Gasteiger partial charge is 0.285 e. The van der Waals surface area contributed by atoms with Crippen molar-refractivity contribution in [3.63, 3.8) is 0 Å². The molecule has 0 aromatic heterocycles. The molecule has 0 fully saturated rings. The van der Waals surface area contributed by atoms with Gasteiger partial charge in [-0.1, -0.05) is 28.1 Å². The van der Waals surface area contributed by atoms with Crippen molar-refractivity contribution in [1.82, 2.24) is 9.62 Å². The van der Waals surface area contributed by atoms with Crippen LogP contribution in [0.2, 0.25) is 0 Å². The molecule has 0 bridgehead atoms. The number of benzene rings is 2. The summed E-state index contributed by atoms with van der Waals surface area (Å²) in [5.41, 5.74) is 0.996. The van der Waals surface area contributed by atoms with Gasteiger partial charge in [0.2, 0.25) is 16.3 Å². The van der Waals surface area contributed by atoms with Gasteiger partial charge in [-0.25, -0.2) is 8.42 Å². The number of nitrogens with one attached hydrogen (secondary N) is 1. The van der Waals surface area contributed by atoms with Crippen LogP contribution >= 0.6 is 15.9 Å². The lowest BCUT2D eigenvalue weighted by molar-refractivity contribution is -0.146. The first kappa shape index (κ1) is 27.2. The van der Waals surface area contributed by atoms with Gasteiger partial charge in [-0.3, -0.25) is 4.79 Å². The van der Waals surface area contributed by atoms with E-state index >= 15 is 0 Å². The van der Waals surface area contributed by atoms with Gasteiger partial charge in [0.15, 0.2) is 5.76 Å². The number of aliphatic hydroxyl groups is 1. The van der Waals surface area contributed by atoms with Gasteiger partial charge in [0.25, 0.3) is 5.91 Å². The highest BCUT2D eigenvalue weighted by Crippen LogP contribution is 2.32. The van der Waals surface area contributed by atoms with Crippen molar-refractivity contribution >= 4 is 31.9 Å². The van der Waals surface area contributed by atoms with Crippen molar-refractivity contribution in [2.75, 3.05) is 40.5 Å². The van der Waals surface area contributed by atoms with Crippen molar-refractivity contribution in [1.29, 1.82) is 0 Å². The Morgan fingerprint density at radius 2 is 1.86 bits per heavy atom. The van der Waals surface area contributed by atoms with Gasteiger partial charge in [0, 0.05) is 36.9 Å². The second-order valence-electron chi connectivity index (χ2n) is 7.73. The SMILES string of the molecule is CNC(=O)C1=C[C@H](c2ccc(Br)cc2)C[C@H](OCCN(CCO)S(=O)(=O)c2ccc(OC)cc2)O1. The molecule has 35 heavy (non-hydrogen) atoms. The van der Waals surface area contributed by atoms with Gasteiger partial charge >= 0.3 is 0 Å². The number of hydrogen-bond donors (Lipinski definition) is 2. The van der Waals surface area contributed by atoms with Crippen LogP contribution in [0, 0.1) is 0 Å². The van der Waals surface area contributed by atoms with Crippen molar-refractivity contribution in [3.8, 4) is 5.75 Å². The molecular weight excluding hydrogens is 540 g/mol. The fraction of sp³-hybridized carbons (Fsp3) is 0.375. The van der Waals surface area contributed by atoms with E-state index in [0.717, 1.165) is 14.3 Å². The number of carbonyl (C=O) groups excluding carboxylic acids is 1. The number of amides is 1. The van der Waals surface area contributed by atoms with E-state index in [1.165, 1.54) is 26.3 Å². The molecule has 0 unspecified atom stereocenters. The zero-order valence-corrected chi connectivity index (χ0v) is 21.9. The van der Waals surface area contributed by atoms with Crippen LogP contribution in [-0.2, 0) is 24.3 Å². The third kappa shape index (κ3) is 7.05. The van der Waals surface area contributed by atoms with E-state index in [0.29, 0.717) is 12.2 Å². The lowest BCUT2D eigenvalue weighted by Crippen LogP contribution is -2.38. The first-order chi connectivity index (χ1) is 16.8. The van der Waals surface area contributed by atoms with Gasteiger partial charge < -0.3 is 24.6 Å². The van der Waals surface area contributed by atoms with Crippen molar-refractivity contribution in [2.24, 2.45) is 0 Å². The number of nitrogens with zero attached hydrogens (tertiary/aromatic N) is 1. The number of aliphatic hydroxyl groups excluding tert-OH is 1. The minimum Gasteiger partial charge on any atom is -0.497 e. The molecule has 0 spiro atoms. The highest BCUT2D eigenvalue weighted by molar-refractivity contribution is 9.10. The summed E-state index contributed by atoms with van der Waals surface area (Å²) < 4.78 is 44.9. The van der Waals surface area contributed by atoms with E-state index < -0.39 is 16.3 Å². The Bertz CT molecular complexity index is 1120. The Morgan fingerprint density at radius 3 is 2.46 bits per heavy atom. The van der Waals surface area contributed by atoms with Crippen molar-refractivity contribution in [3.05, 3.63) is 70.4 Å². The van der Waals surface area contributed by atoms with Crippen molar-refractivity contribution < 1.29 is 32.5 Å². The van der Waals surface area contributed by atoms with Crippen LogP contribution in [0.15, 0.2) is 69.7 Å². The number of likely N-dealkylation sites (N-methyl/N-ethyl adjacent to an activating group) is 1. The Hall–Kier alpha value is -2.44. The van der Waals surface area contributed by atoms with E-state index in [4.69, 9.17) is 14.2 Å². The van der Waals surface area contributed by atoms with Gasteiger partial charge in [0.1, 0.15) is 5.75 Å². The molecule has 11 heteroatoms. The molecule has 0 saturated carbocycles. The Kier molecular flexibility index (Phi) is 9.70. The van der Waals surface area contributed by atoms with Gasteiger partial charge in [0.05, 0.1) is 25.2 Å². The summed E-state index contributed by atoms with van der Waals surface area (Å²) in [5.74, 6) is 0.195. The number of sulfonamides is 1. The highest BCUT2D eigenvalue weighted by Gasteiger charge is 2.29. The number of carbonyl (C=O) groups is 1. The van der Waals surface area contributed by atoms with Crippen LogP contribution in [-0.4, -0.2) is 70.5 Å². The summed E-state index contributed by atoms with van der Waals surface area (Å²) in [6.45, 7) is -0.427. The molecule has 1 amide bonds. The number of hydrogen-bond acceptors (Lipinski definition) is 7. The maximum atomic E-state index is 13.1. The highest BCUT2D eigenvalue weighted by atomic mass is 79.9. The van der Waals surface area contributed by atoms with E-state index in [-0.39, 0.29) is 48.8 Å². The van der Waals surface area contributed by atoms with E-state index in [1.807, 2.05) is 24.3 Å². The molecule has 0 radical (unpaired) electrons. The van der Waals surface area contributed by atoms with Crippen LogP contribution in [0.4, 0.5) is 0 Å². The molecule has 2 aromatic carbocycles. The standard InChI is InChI=1S/C24H29BrN2O7S/c1-26-24(29)22-15-18(17-3-5-19(25)6-4-17)16-23(34-22)33-14-12-27(11-13-28)35(30,31)21-9-7-20(32-2)8-10-21/h3-10,15,18,23,28H,11-14,16H2,1-2H3,(H,26,29)/t18-,23+/m0/s1.